The Labute approximate surface area is 199 Å². The third kappa shape index (κ3) is 4.46. The molecule has 5 rings (SSSR count). The van der Waals surface area contributed by atoms with Crippen LogP contribution in [0.25, 0.3) is 10.9 Å². The number of anilines is 1. The third-order valence-electron chi connectivity index (χ3n) is 6.95. The van der Waals surface area contributed by atoms with E-state index < -0.39 is 0 Å². The molecule has 2 N–H and O–H groups in total. The highest BCUT2D eigenvalue weighted by Crippen LogP contribution is 2.33. The number of hydrogen-bond acceptors (Lipinski definition) is 6. The van der Waals surface area contributed by atoms with Gasteiger partial charge in [-0.15, -0.1) is 0 Å². The fourth-order valence-corrected chi connectivity index (χ4v) is 5.12. The number of aromatic nitrogens is 2. The van der Waals surface area contributed by atoms with Crippen LogP contribution in [0.3, 0.4) is 0 Å². The van der Waals surface area contributed by atoms with Gasteiger partial charge in [0.25, 0.3) is 0 Å². The van der Waals surface area contributed by atoms with Gasteiger partial charge in [-0.25, -0.2) is 9.97 Å². The molecule has 3 aromatic rings. The summed E-state index contributed by atoms with van der Waals surface area (Å²) in [5, 5.41) is 0.866. The van der Waals surface area contributed by atoms with Crippen molar-refractivity contribution < 1.29 is 9.59 Å². The van der Waals surface area contributed by atoms with Gasteiger partial charge in [0.2, 0.25) is 11.8 Å². The van der Waals surface area contributed by atoms with E-state index in [1.807, 2.05) is 46.2 Å². The predicted octanol–water partition coefficient (Wildman–Crippen LogP) is 2.39. The number of para-hydroxylation sites is 1. The zero-order valence-electron chi connectivity index (χ0n) is 19.5. The lowest BCUT2D eigenvalue weighted by atomic mass is 9.90. The molecule has 0 spiro atoms. The van der Waals surface area contributed by atoms with Crippen molar-refractivity contribution in [1.29, 1.82) is 0 Å². The van der Waals surface area contributed by atoms with Gasteiger partial charge in [-0.3, -0.25) is 14.5 Å². The van der Waals surface area contributed by atoms with E-state index in [4.69, 9.17) is 5.73 Å². The molecule has 176 valence electrons. The van der Waals surface area contributed by atoms with E-state index in [-0.39, 0.29) is 17.9 Å². The minimum Gasteiger partial charge on any atom is -0.383 e. The van der Waals surface area contributed by atoms with Crippen molar-refractivity contribution in [2.75, 3.05) is 38.5 Å². The molecule has 1 aromatic heterocycles. The fourth-order valence-electron chi connectivity index (χ4n) is 5.12. The first-order valence-corrected chi connectivity index (χ1v) is 11.9. The lowest BCUT2D eigenvalue weighted by Crippen LogP contribution is -2.49. The Bertz CT molecular complexity index is 1220. The quantitative estimate of drug-likeness (QED) is 0.645. The topological polar surface area (TPSA) is 95.7 Å². The van der Waals surface area contributed by atoms with E-state index in [2.05, 4.69) is 27.0 Å². The number of hydrogen-bond donors (Lipinski definition) is 1. The van der Waals surface area contributed by atoms with Crippen LogP contribution in [0.15, 0.2) is 48.5 Å². The van der Waals surface area contributed by atoms with Gasteiger partial charge in [-0.2, -0.15) is 0 Å². The molecule has 34 heavy (non-hydrogen) atoms. The monoisotopic (exact) mass is 458 g/mol. The van der Waals surface area contributed by atoms with Gasteiger partial charge in [0.1, 0.15) is 11.6 Å². The zero-order chi connectivity index (χ0) is 23.7. The van der Waals surface area contributed by atoms with Crippen molar-refractivity contribution in [3.05, 3.63) is 65.5 Å². The van der Waals surface area contributed by atoms with Crippen molar-refractivity contribution in [2.24, 2.45) is 0 Å². The molecule has 3 heterocycles. The molecule has 0 saturated carbocycles. The van der Waals surface area contributed by atoms with Crippen LogP contribution >= 0.6 is 0 Å². The third-order valence-corrected chi connectivity index (χ3v) is 6.95. The minimum absolute atomic E-state index is 0.0202. The summed E-state index contributed by atoms with van der Waals surface area (Å²) in [4.78, 5) is 40.7. The molecule has 2 aromatic carbocycles. The van der Waals surface area contributed by atoms with Crippen LogP contribution in [0.5, 0.6) is 0 Å². The molecule has 0 bridgehead atoms. The maximum absolute atomic E-state index is 13.2. The molecule has 0 aliphatic carbocycles. The van der Waals surface area contributed by atoms with Crippen molar-refractivity contribution >= 4 is 28.5 Å². The van der Waals surface area contributed by atoms with Gasteiger partial charge in [0.15, 0.2) is 0 Å². The number of piperazine rings is 1. The standard InChI is InChI=1S/C26H30N6O2/c1-18(33)32-11-10-19-6-2-3-7-20(19)23(32)16-25(34)31-14-12-30(13-15-31)17-24-28-22-9-5-4-8-21(22)26(27)29-24/h2-9,23H,10-17H2,1H3,(H2,27,28,29). The number of carbonyl (C=O) groups excluding carboxylic acids is 2. The summed E-state index contributed by atoms with van der Waals surface area (Å²) in [7, 11) is 0. The highest BCUT2D eigenvalue weighted by molar-refractivity contribution is 5.87. The molecule has 1 unspecified atom stereocenters. The molecule has 1 fully saturated rings. The number of amides is 2. The summed E-state index contributed by atoms with van der Waals surface area (Å²) in [6.07, 6.45) is 1.15. The number of rotatable bonds is 4. The molecule has 1 saturated heterocycles. The van der Waals surface area contributed by atoms with Crippen LogP contribution in [0, 0.1) is 0 Å². The molecular weight excluding hydrogens is 428 g/mol. The average molecular weight is 459 g/mol. The Kier molecular flexibility index (Phi) is 6.15. The molecule has 8 nitrogen and oxygen atoms in total. The number of nitrogen functional groups attached to an aromatic ring is 1. The lowest BCUT2D eigenvalue weighted by molar-refractivity contribution is -0.137. The van der Waals surface area contributed by atoms with E-state index in [1.165, 1.54) is 5.56 Å². The first-order chi connectivity index (χ1) is 16.5. The first kappa shape index (κ1) is 22.3. The van der Waals surface area contributed by atoms with Crippen LogP contribution in [-0.2, 0) is 22.6 Å². The Morgan fingerprint density at radius 1 is 0.971 bits per heavy atom. The van der Waals surface area contributed by atoms with Crippen LogP contribution in [0.1, 0.15) is 36.3 Å². The Morgan fingerprint density at radius 2 is 1.71 bits per heavy atom. The summed E-state index contributed by atoms with van der Waals surface area (Å²) in [5.41, 5.74) is 9.31. The lowest BCUT2D eigenvalue weighted by Gasteiger charge is -2.39. The largest absolute Gasteiger partial charge is 0.383 e. The second-order valence-corrected chi connectivity index (χ2v) is 9.08. The van der Waals surface area contributed by atoms with Crippen molar-refractivity contribution in [1.82, 2.24) is 24.7 Å². The highest BCUT2D eigenvalue weighted by Gasteiger charge is 2.32. The summed E-state index contributed by atoms with van der Waals surface area (Å²) < 4.78 is 0. The fraction of sp³-hybridized carbons (Fsp3) is 0.385. The minimum atomic E-state index is -0.193. The van der Waals surface area contributed by atoms with Crippen molar-refractivity contribution in [2.45, 2.75) is 32.4 Å². The molecule has 1 atom stereocenters. The maximum Gasteiger partial charge on any atom is 0.225 e. The zero-order valence-corrected chi connectivity index (χ0v) is 19.5. The van der Waals surface area contributed by atoms with Gasteiger partial charge in [0, 0.05) is 45.0 Å². The van der Waals surface area contributed by atoms with Crippen LogP contribution in [0.4, 0.5) is 5.82 Å². The number of nitrogens with zero attached hydrogens (tertiary/aromatic N) is 5. The van der Waals surface area contributed by atoms with Gasteiger partial charge in [-0.05, 0) is 29.7 Å². The molecule has 0 radical (unpaired) electrons. The molecule has 2 amide bonds. The van der Waals surface area contributed by atoms with Crippen LogP contribution in [-0.4, -0.2) is 69.2 Å². The Morgan fingerprint density at radius 3 is 2.50 bits per heavy atom. The SMILES string of the molecule is CC(=O)N1CCc2ccccc2C1CC(=O)N1CCN(Cc2nc(N)c3ccccc3n2)CC1. The normalized spacial score (nSPS) is 18.7. The Balaban J connectivity index is 1.22. The van der Waals surface area contributed by atoms with Crippen molar-refractivity contribution in [3.63, 3.8) is 0 Å². The van der Waals surface area contributed by atoms with E-state index in [0.29, 0.717) is 44.2 Å². The number of benzene rings is 2. The number of carbonyl (C=O) groups is 2. The van der Waals surface area contributed by atoms with Crippen molar-refractivity contribution in [3.8, 4) is 0 Å². The number of nitrogens with two attached hydrogens (primary N) is 1. The summed E-state index contributed by atoms with van der Waals surface area (Å²) in [6.45, 7) is 5.65. The average Bonchev–Trinajstić information content (AvgIpc) is 2.84. The smallest absolute Gasteiger partial charge is 0.225 e. The van der Waals surface area contributed by atoms with Crippen LogP contribution in [0.2, 0.25) is 0 Å². The van der Waals surface area contributed by atoms with Gasteiger partial charge in [-0.1, -0.05) is 36.4 Å². The number of fused-ring (bicyclic) bond motifs is 2. The van der Waals surface area contributed by atoms with E-state index >= 15 is 0 Å². The first-order valence-electron chi connectivity index (χ1n) is 11.9. The van der Waals surface area contributed by atoms with E-state index in [0.717, 1.165) is 36.0 Å². The second kappa shape index (κ2) is 9.38. The highest BCUT2D eigenvalue weighted by atomic mass is 16.2. The Hall–Kier alpha value is -3.52. The van der Waals surface area contributed by atoms with Gasteiger partial charge in [0.05, 0.1) is 24.5 Å². The van der Waals surface area contributed by atoms with Crippen LogP contribution < -0.4 is 5.73 Å². The molecule has 2 aliphatic rings. The molecular formula is C26H30N6O2. The predicted molar refractivity (Wildman–Crippen MR) is 131 cm³/mol. The summed E-state index contributed by atoms with van der Waals surface area (Å²) in [6, 6.07) is 15.7. The summed E-state index contributed by atoms with van der Waals surface area (Å²) >= 11 is 0. The van der Waals surface area contributed by atoms with Gasteiger partial charge >= 0.3 is 0 Å². The van der Waals surface area contributed by atoms with Gasteiger partial charge < -0.3 is 15.5 Å². The maximum atomic E-state index is 13.2. The van der Waals surface area contributed by atoms with E-state index in [9.17, 15) is 9.59 Å². The molecule has 8 heteroatoms. The van der Waals surface area contributed by atoms with E-state index in [1.54, 1.807) is 6.92 Å². The summed E-state index contributed by atoms with van der Waals surface area (Å²) in [5.74, 6) is 1.31. The molecule has 2 aliphatic heterocycles. The second-order valence-electron chi connectivity index (χ2n) is 9.08.